The number of fused-ring (bicyclic) bond motifs is 1. The molecule has 230 valence electrons. The predicted octanol–water partition coefficient (Wildman–Crippen LogP) is -0.857. The van der Waals surface area contributed by atoms with Gasteiger partial charge < -0.3 is 64.5 Å². The Morgan fingerprint density at radius 2 is 1.52 bits per heavy atom. The molecule has 0 aliphatic carbocycles. The number of rotatable bonds is 6. The number of aromatic hydroxyl groups is 2. The third-order valence-electron chi connectivity index (χ3n) is 7.73. The van der Waals surface area contributed by atoms with Gasteiger partial charge in [0.25, 0.3) is 0 Å². The summed E-state index contributed by atoms with van der Waals surface area (Å²) in [5.41, 5.74) is 1.11. The SMILES string of the molecule is Cc1ccc([C@@H]2CC(=O)c3c(O)cc(O[C@@H]4OC(CO[C@@H]5O[C@@H](C)[C@H](O)C(O)[C@@H]5O)[C@@H](O)[C@H](O)C4O)cc3O2)cc1O. The zero-order valence-electron chi connectivity index (χ0n) is 22.7. The third-order valence-corrected chi connectivity index (χ3v) is 7.73. The standard InChI is InChI=1S/C28H34O14/c1-10-3-4-12(5-14(10)29)17-8-16(31)20-15(30)6-13(7-18(20)41-17)40-28-26(37)24(35)22(33)19(42-28)9-38-27-25(36)23(34)21(32)11(2)39-27/h3-7,11,17,19,21-30,32-37H,8-9H2,1-2H3/t11-,17-,19?,21-,22+,23?,24-,25-,26?,27+,28+/m0/s1. The van der Waals surface area contributed by atoms with E-state index in [1.165, 1.54) is 19.1 Å². The highest BCUT2D eigenvalue weighted by Crippen LogP contribution is 2.43. The van der Waals surface area contributed by atoms with Gasteiger partial charge in [-0.05, 0) is 31.0 Å². The second-order valence-corrected chi connectivity index (χ2v) is 10.7. The molecular formula is C28H34O14. The first-order valence-corrected chi connectivity index (χ1v) is 13.4. The number of phenols is 2. The van der Waals surface area contributed by atoms with Crippen LogP contribution in [-0.4, -0.2) is 115 Å². The zero-order valence-corrected chi connectivity index (χ0v) is 22.7. The van der Waals surface area contributed by atoms with E-state index in [4.69, 9.17) is 23.7 Å². The number of aryl methyl sites for hydroxylation is 1. The molecule has 42 heavy (non-hydrogen) atoms. The number of phenolic OH excluding ortho intramolecular Hbond substituents is 2. The second kappa shape index (κ2) is 11.9. The van der Waals surface area contributed by atoms with E-state index >= 15 is 0 Å². The Labute approximate surface area is 239 Å². The Kier molecular flexibility index (Phi) is 8.63. The highest BCUT2D eigenvalue weighted by atomic mass is 16.7. The van der Waals surface area contributed by atoms with E-state index in [1.54, 1.807) is 19.1 Å². The van der Waals surface area contributed by atoms with Crippen molar-refractivity contribution in [2.75, 3.05) is 6.61 Å². The van der Waals surface area contributed by atoms with Crippen molar-refractivity contribution in [3.63, 3.8) is 0 Å². The molecule has 0 saturated carbocycles. The zero-order chi connectivity index (χ0) is 30.5. The van der Waals surface area contributed by atoms with Gasteiger partial charge in [-0.1, -0.05) is 12.1 Å². The predicted molar refractivity (Wildman–Crippen MR) is 139 cm³/mol. The molecule has 0 aromatic heterocycles. The van der Waals surface area contributed by atoms with Crippen LogP contribution in [0.4, 0.5) is 0 Å². The number of ether oxygens (including phenoxy) is 5. The lowest BCUT2D eigenvalue weighted by molar-refractivity contribution is -0.318. The normalized spacial score (nSPS) is 36.7. The topological polar surface area (TPSA) is 225 Å². The summed E-state index contributed by atoms with van der Waals surface area (Å²) < 4.78 is 28.1. The molecule has 3 unspecified atom stereocenters. The molecule has 2 fully saturated rings. The quantitative estimate of drug-likeness (QED) is 0.204. The lowest BCUT2D eigenvalue weighted by atomic mass is 9.95. The Hall–Kier alpha value is -3.05. The Bertz CT molecular complexity index is 1300. The minimum absolute atomic E-state index is 0.0182. The van der Waals surface area contributed by atoms with E-state index in [0.717, 1.165) is 6.07 Å². The summed E-state index contributed by atoms with van der Waals surface area (Å²) >= 11 is 0. The Morgan fingerprint density at radius 3 is 2.24 bits per heavy atom. The van der Waals surface area contributed by atoms with Crippen LogP contribution >= 0.6 is 0 Å². The first-order valence-electron chi connectivity index (χ1n) is 13.4. The minimum Gasteiger partial charge on any atom is -0.508 e. The fourth-order valence-corrected chi connectivity index (χ4v) is 5.12. The van der Waals surface area contributed by atoms with E-state index in [0.29, 0.717) is 11.1 Å². The van der Waals surface area contributed by atoms with Gasteiger partial charge in [-0.25, -0.2) is 0 Å². The van der Waals surface area contributed by atoms with Gasteiger partial charge in [0, 0.05) is 12.1 Å². The molecule has 8 N–H and O–H groups in total. The summed E-state index contributed by atoms with van der Waals surface area (Å²) in [6.07, 6.45) is -15.7. The summed E-state index contributed by atoms with van der Waals surface area (Å²) in [7, 11) is 0. The Balaban J connectivity index is 1.30. The molecule has 2 saturated heterocycles. The number of aliphatic hydroxyl groups excluding tert-OH is 6. The van der Waals surface area contributed by atoms with Crippen LogP contribution in [0, 0.1) is 6.92 Å². The van der Waals surface area contributed by atoms with Crippen LogP contribution in [-0.2, 0) is 14.2 Å². The van der Waals surface area contributed by atoms with Crippen molar-refractivity contribution >= 4 is 5.78 Å². The highest BCUT2D eigenvalue weighted by Gasteiger charge is 2.47. The molecule has 3 aliphatic rings. The van der Waals surface area contributed by atoms with Crippen molar-refractivity contribution in [3.05, 3.63) is 47.0 Å². The number of carbonyl (C=O) groups excluding carboxylic acids is 1. The molecular weight excluding hydrogens is 560 g/mol. The average Bonchev–Trinajstić information content (AvgIpc) is 2.95. The van der Waals surface area contributed by atoms with Crippen molar-refractivity contribution in [2.24, 2.45) is 0 Å². The van der Waals surface area contributed by atoms with Gasteiger partial charge in [0.05, 0.1) is 19.1 Å². The van der Waals surface area contributed by atoms with E-state index in [-0.39, 0.29) is 29.2 Å². The average molecular weight is 595 g/mol. The molecule has 0 spiro atoms. The summed E-state index contributed by atoms with van der Waals surface area (Å²) in [5.74, 6) is -0.952. The lowest BCUT2D eigenvalue weighted by Crippen LogP contribution is -2.61. The molecule has 2 aromatic rings. The number of aliphatic hydroxyl groups is 6. The van der Waals surface area contributed by atoms with Crippen LogP contribution in [0.2, 0.25) is 0 Å². The van der Waals surface area contributed by atoms with Crippen molar-refractivity contribution < 1.29 is 69.3 Å². The van der Waals surface area contributed by atoms with E-state index in [2.05, 4.69) is 0 Å². The van der Waals surface area contributed by atoms with Gasteiger partial charge >= 0.3 is 0 Å². The minimum atomic E-state index is -1.76. The molecule has 14 heteroatoms. The molecule has 0 bridgehead atoms. The van der Waals surface area contributed by atoms with Crippen LogP contribution in [0.1, 0.15) is 40.9 Å². The Morgan fingerprint density at radius 1 is 0.833 bits per heavy atom. The maximum Gasteiger partial charge on any atom is 0.229 e. The molecule has 14 nitrogen and oxygen atoms in total. The highest BCUT2D eigenvalue weighted by molar-refractivity contribution is 6.02. The molecule has 0 radical (unpaired) electrons. The summed E-state index contributed by atoms with van der Waals surface area (Å²) in [6, 6.07) is 7.28. The smallest absolute Gasteiger partial charge is 0.229 e. The monoisotopic (exact) mass is 594 g/mol. The number of ketones is 1. The van der Waals surface area contributed by atoms with E-state index in [9.17, 15) is 45.6 Å². The maximum atomic E-state index is 12.9. The van der Waals surface area contributed by atoms with Crippen LogP contribution in [0.15, 0.2) is 30.3 Å². The number of Topliss-reactive ketones (excluding diaryl/α,β-unsaturated/α-hetero) is 1. The molecule has 11 atom stereocenters. The van der Waals surface area contributed by atoms with Crippen LogP contribution in [0.3, 0.4) is 0 Å². The van der Waals surface area contributed by atoms with Gasteiger partial charge in [-0.3, -0.25) is 4.79 Å². The lowest BCUT2D eigenvalue weighted by Gasteiger charge is -2.42. The number of carbonyl (C=O) groups is 1. The molecule has 3 heterocycles. The van der Waals surface area contributed by atoms with Gasteiger partial charge in [0.2, 0.25) is 6.29 Å². The van der Waals surface area contributed by atoms with Crippen molar-refractivity contribution in [1.29, 1.82) is 0 Å². The number of hydrogen-bond acceptors (Lipinski definition) is 14. The van der Waals surface area contributed by atoms with Gasteiger partial charge in [0.15, 0.2) is 12.1 Å². The summed E-state index contributed by atoms with van der Waals surface area (Å²) in [4.78, 5) is 12.9. The van der Waals surface area contributed by atoms with Crippen LogP contribution in [0.25, 0.3) is 0 Å². The summed E-state index contributed by atoms with van der Waals surface area (Å²) in [5, 5.41) is 82.1. The van der Waals surface area contributed by atoms with Crippen LogP contribution < -0.4 is 9.47 Å². The van der Waals surface area contributed by atoms with Gasteiger partial charge in [0.1, 0.15) is 77.4 Å². The molecule has 3 aliphatic heterocycles. The van der Waals surface area contributed by atoms with E-state index < -0.39 is 85.7 Å². The molecule has 2 aromatic carbocycles. The molecule has 5 rings (SSSR count). The fourth-order valence-electron chi connectivity index (χ4n) is 5.12. The first kappa shape index (κ1) is 30.4. The largest absolute Gasteiger partial charge is 0.508 e. The van der Waals surface area contributed by atoms with Crippen molar-refractivity contribution in [3.8, 4) is 23.0 Å². The van der Waals surface area contributed by atoms with Gasteiger partial charge in [-0.15, -0.1) is 0 Å². The van der Waals surface area contributed by atoms with Crippen LogP contribution in [0.5, 0.6) is 23.0 Å². The summed E-state index contributed by atoms with van der Waals surface area (Å²) in [6.45, 7) is 2.70. The fraction of sp³-hybridized carbons (Fsp3) is 0.536. The number of benzene rings is 2. The maximum absolute atomic E-state index is 12.9. The molecule has 0 amide bonds. The second-order valence-electron chi connectivity index (χ2n) is 10.7. The van der Waals surface area contributed by atoms with Crippen molar-refractivity contribution in [1.82, 2.24) is 0 Å². The van der Waals surface area contributed by atoms with Crippen molar-refractivity contribution in [2.45, 2.75) is 87.8 Å². The number of hydrogen-bond donors (Lipinski definition) is 8. The first-order chi connectivity index (χ1) is 19.8. The third kappa shape index (κ3) is 5.77. The van der Waals surface area contributed by atoms with E-state index in [1.807, 2.05) is 0 Å². The van der Waals surface area contributed by atoms with Gasteiger partial charge in [-0.2, -0.15) is 0 Å².